The fourth-order valence-corrected chi connectivity index (χ4v) is 2.25. The van der Waals surface area contributed by atoms with Gasteiger partial charge in [-0.25, -0.2) is 0 Å². The van der Waals surface area contributed by atoms with Crippen LogP contribution in [0.1, 0.15) is 5.56 Å². The lowest BCUT2D eigenvalue weighted by molar-refractivity contribution is 0.329. The molecule has 0 atom stereocenters. The van der Waals surface area contributed by atoms with Crippen molar-refractivity contribution >= 4 is 47.3 Å². The van der Waals surface area contributed by atoms with Gasteiger partial charge in [-0.3, -0.25) is 4.98 Å². The fourth-order valence-electron chi connectivity index (χ4n) is 1.97. The molecule has 98 valence electrons. The van der Waals surface area contributed by atoms with Gasteiger partial charge in [0.25, 0.3) is 0 Å². The minimum absolute atomic E-state index is 0. The summed E-state index contributed by atoms with van der Waals surface area (Å²) in [6, 6.07) is 5.81. The lowest BCUT2D eigenvalue weighted by Crippen LogP contribution is -2.16. The average molecular weight is 308 g/mol. The van der Waals surface area contributed by atoms with Crippen LogP contribution in [0.2, 0.25) is 5.02 Å². The molecular formula is C12H13Cl3N2O. The lowest BCUT2D eigenvalue weighted by Gasteiger charge is -2.10. The molecule has 2 aromatic rings. The first-order chi connectivity index (χ1) is 7.86. The van der Waals surface area contributed by atoms with Gasteiger partial charge in [-0.05, 0) is 18.2 Å². The summed E-state index contributed by atoms with van der Waals surface area (Å²) in [7, 11) is 0. The van der Waals surface area contributed by atoms with E-state index in [1.807, 2.05) is 18.2 Å². The van der Waals surface area contributed by atoms with Gasteiger partial charge in [-0.1, -0.05) is 11.6 Å². The zero-order chi connectivity index (χ0) is 11.0. The molecule has 1 N–H and O–H groups in total. The van der Waals surface area contributed by atoms with Crippen molar-refractivity contribution in [3.63, 3.8) is 0 Å². The molecule has 1 aromatic carbocycles. The standard InChI is InChI=1S/C12H11ClN2O.2ClH/c13-10-6-8-7-14-4-5-16-12(8)11-9(10)2-1-3-15-11;;/h1-3,6,14H,4-5,7H2;2*1H. The molecule has 0 saturated heterocycles. The minimum atomic E-state index is 0. The first-order valence-corrected chi connectivity index (χ1v) is 5.63. The zero-order valence-corrected chi connectivity index (χ0v) is 11.9. The Morgan fingerprint density at radius 3 is 3.00 bits per heavy atom. The maximum atomic E-state index is 6.22. The van der Waals surface area contributed by atoms with E-state index < -0.39 is 0 Å². The third-order valence-corrected chi connectivity index (χ3v) is 3.03. The number of ether oxygens (including phenoxy) is 1. The highest BCUT2D eigenvalue weighted by atomic mass is 35.5. The maximum Gasteiger partial charge on any atom is 0.150 e. The van der Waals surface area contributed by atoms with Crippen LogP contribution in [0.25, 0.3) is 10.9 Å². The monoisotopic (exact) mass is 306 g/mol. The van der Waals surface area contributed by atoms with E-state index >= 15 is 0 Å². The molecule has 0 amide bonds. The van der Waals surface area contributed by atoms with Gasteiger partial charge in [0.1, 0.15) is 17.9 Å². The average Bonchev–Trinajstić information content (AvgIpc) is 2.55. The van der Waals surface area contributed by atoms with E-state index in [0.717, 1.165) is 40.3 Å². The van der Waals surface area contributed by atoms with E-state index in [0.29, 0.717) is 6.61 Å². The molecule has 3 rings (SSSR count). The quantitative estimate of drug-likeness (QED) is 0.811. The van der Waals surface area contributed by atoms with Crippen molar-refractivity contribution < 1.29 is 4.74 Å². The normalized spacial score (nSPS) is 13.6. The second-order valence-electron chi connectivity index (χ2n) is 3.77. The molecule has 3 nitrogen and oxygen atoms in total. The molecule has 1 aliphatic heterocycles. The van der Waals surface area contributed by atoms with Crippen LogP contribution in [0.4, 0.5) is 0 Å². The van der Waals surface area contributed by atoms with Crippen LogP contribution < -0.4 is 10.1 Å². The summed E-state index contributed by atoms with van der Waals surface area (Å²) in [5, 5.41) is 4.96. The fraction of sp³-hybridized carbons (Fsp3) is 0.250. The molecule has 0 fully saturated rings. The number of nitrogens with one attached hydrogen (secondary N) is 1. The van der Waals surface area contributed by atoms with Crippen molar-refractivity contribution in [2.24, 2.45) is 0 Å². The Balaban J connectivity index is 0.000000810. The van der Waals surface area contributed by atoms with Gasteiger partial charge in [0, 0.05) is 30.2 Å². The molecule has 0 unspecified atom stereocenters. The van der Waals surface area contributed by atoms with Gasteiger partial charge in [-0.15, -0.1) is 24.8 Å². The molecule has 0 aliphatic carbocycles. The van der Waals surface area contributed by atoms with E-state index in [1.54, 1.807) is 6.20 Å². The van der Waals surface area contributed by atoms with Crippen LogP contribution in [0, 0.1) is 0 Å². The van der Waals surface area contributed by atoms with Gasteiger partial charge in [0.15, 0.2) is 0 Å². The van der Waals surface area contributed by atoms with Crippen LogP contribution in [0.15, 0.2) is 24.4 Å². The molecule has 0 spiro atoms. The summed E-state index contributed by atoms with van der Waals surface area (Å²) in [6.07, 6.45) is 1.76. The van der Waals surface area contributed by atoms with Crippen LogP contribution >= 0.6 is 36.4 Å². The number of hydrogen-bond acceptors (Lipinski definition) is 3. The summed E-state index contributed by atoms with van der Waals surface area (Å²) in [6.45, 7) is 2.29. The summed E-state index contributed by atoms with van der Waals surface area (Å²) >= 11 is 6.22. The van der Waals surface area contributed by atoms with E-state index in [-0.39, 0.29) is 24.8 Å². The highest BCUT2D eigenvalue weighted by molar-refractivity contribution is 6.35. The smallest absolute Gasteiger partial charge is 0.150 e. The second kappa shape index (κ2) is 6.43. The van der Waals surface area contributed by atoms with E-state index in [2.05, 4.69) is 10.3 Å². The Bertz CT molecular complexity index is 548. The molecule has 2 heterocycles. The van der Waals surface area contributed by atoms with Gasteiger partial charge in [-0.2, -0.15) is 0 Å². The van der Waals surface area contributed by atoms with Crippen molar-refractivity contribution in [3.8, 4) is 5.75 Å². The van der Waals surface area contributed by atoms with E-state index in [4.69, 9.17) is 16.3 Å². The van der Waals surface area contributed by atoms with E-state index in [1.165, 1.54) is 0 Å². The Labute approximate surface area is 123 Å². The van der Waals surface area contributed by atoms with Crippen LogP contribution in [-0.4, -0.2) is 18.1 Å². The minimum Gasteiger partial charge on any atom is -0.490 e. The summed E-state index contributed by atoms with van der Waals surface area (Å²) in [4.78, 5) is 4.36. The Kier molecular flexibility index (Phi) is 5.47. The Morgan fingerprint density at radius 1 is 1.33 bits per heavy atom. The SMILES string of the molecule is Cl.Cl.Clc1cc2c(c3ncccc13)OCCNC2. The van der Waals surface area contributed by atoms with Crippen LogP contribution in [0.3, 0.4) is 0 Å². The van der Waals surface area contributed by atoms with Crippen molar-refractivity contribution in [2.75, 3.05) is 13.2 Å². The molecule has 1 aromatic heterocycles. The number of fused-ring (bicyclic) bond motifs is 3. The van der Waals surface area contributed by atoms with Crippen molar-refractivity contribution in [1.82, 2.24) is 10.3 Å². The van der Waals surface area contributed by atoms with Gasteiger partial charge < -0.3 is 10.1 Å². The molecule has 0 radical (unpaired) electrons. The highest BCUT2D eigenvalue weighted by Gasteiger charge is 2.15. The van der Waals surface area contributed by atoms with Crippen molar-refractivity contribution in [1.29, 1.82) is 0 Å². The van der Waals surface area contributed by atoms with Crippen molar-refractivity contribution in [3.05, 3.63) is 35.0 Å². The predicted octanol–water partition coefficient (Wildman–Crippen LogP) is 3.21. The summed E-state index contributed by atoms with van der Waals surface area (Å²) in [5.41, 5.74) is 1.93. The molecule has 0 saturated carbocycles. The largest absolute Gasteiger partial charge is 0.490 e. The third kappa shape index (κ3) is 2.64. The molecule has 18 heavy (non-hydrogen) atoms. The van der Waals surface area contributed by atoms with Crippen LogP contribution in [-0.2, 0) is 6.54 Å². The number of rotatable bonds is 0. The van der Waals surface area contributed by atoms with Crippen LogP contribution in [0.5, 0.6) is 5.75 Å². The van der Waals surface area contributed by atoms with Gasteiger partial charge in [0.2, 0.25) is 0 Å². The summed E-state index contributed by atoms with van der Waals surface area (Å²) in [5.74, 6) is 0.866. The topological polar surface area (TPSA) is 34.1 Å². The number of nitrogens with zero attached hydrogens (tertiary/aromatic N) is 1. The number of halogens is 3. The maximum absolute atomic E-state index is 6.22. The first-order valence-electron chi connectivity index (χ1n) is 5.26. The number of pyridine rings is 1. The predicted molar refractivity (Wildman–Crippen MR) is 78.5 cm³/mol. The number of benzene rings is 1. The summed E-state index contributed by atoms with van der Waals surface area (Å²) < 4.78 is 5.73. The third-order valence-electron chi connectivity index (χ3n) is 2.71. The second-order valence-corrected chi connectivity index (χ2v) is 4.18. The van der Waals surface area contributed by atoms with E-state index in [9.17, 15) is 0 Å². The molecule has 0 bridgehead atoms. The lowest BCUT2D eigenvalue weighted by atomic mass is 10.1. The first kappa shape index (κ1) is 15.3. The van der Waals surface area contributed by atoms with Crippen molar-refractivity contribution in [2.45, 2.75) is 6.54 Å². The Morgan fingerprint density at radius 2 is 2.17 bits per heavy atom. The Hall–Kier alpha value is -0.740. The number of aromatic nitrogens is 1. The molecule has 1 aliphatic rings. The van der Waals surface area contributed by atoms with Gasteiger partial charge in [0.05, 0.1) is 5.02 Å². The molecular weight excluding hydrogens is 295 g/mol. The van der Waals surface area contributed by atoms with Gasteiger partial charge >= 0.3 is 0 Å². The number of hydrogen-bond donors (Lipinski definition) is 1. The molecule has 6 heteroatoms. The zero-order valence-electron chi connectivity index (χ0n) is 9.48. The highest BCUT2D eigenvalue weighted by Crippen LogP contribution is 2.34.